The summed E-state index contributed by atoms with van der Waals surface area (Å²) in [5.74, 6) is 0.817. The number of aliphatic carboxylic acids is 1. The lowest BCUT2D eigenvalue weighted by Crippen LogP contribution is -2.62. The fraction of sp³-hybridized carbons (Fsp3) is 0.364. The summed E-state index contributed by atoms with van der Waals surface area (Å²) in [6, 6.07) is 11.5. The number of carbonyl (C=O) groups is 1. The molecule has 7 heteroatoms. The van der Waals surface area contributed by atoms with E-state index in [0.29, 0.717) is 22.9 Å². The number of rotatable bonds is 5. The molecular formula is C22H24N2O5. The molecule has 2 heterocycles. The Morgan fingerprint density at radius 1 is 1.21 bits per heavy atom. The summed E-state index contributed by atoms with van der Waals surface area (Å²) in [4.78, 5) is 18.0. The van der Waals surface area contributed by atoms with Crippen molar-refractivity contribution in [2.45, 2.75) is 31.4 Å². The highest BCUT2D eigenvalue weighted by Crippen LogP contribution is 2.55. The van der Waals surface area contributed by atoms with Crippen LogP contribution in [-0.4, -0.2) is 43.8 Å². The van der Waals surface area contributed by atoms with Gasteiger partial charge in [0.1, 0.15) is 11.4 Å². The number of fused-ring (bicyclic) bond motifs is 2. The molecule has 0 amide bonds. The second-order valence-electron chi connectivity index (χ2n) is 7.67. The van der Waals surface area contributed by atoms with E-state index in [1.807, 2.05) is 23.1 Å². The van der Waals surface area contributed by atoms with E-state index >= 15 is 0 Å². The molecule has 0 bridgehead atoms. The molecule has 2 aliphatic rings. The van der Waals surface area contributed by atoms with Gasteiger partial charge in [-0.2, -0.15) is 0 Å². The normalized spacial score (nSPS) is 20.8. The Kier molecular flexibility index (Phi) is 4.41. The van der Waals surface area contributed by atoms with Crippen LogP contribution >= 0.6 is 0 Å². The highest BCUT2D eigenvalue weighted by Gasteiger charge is 2.59. The quantitative estimate of drug-likeness (QED) is 0.829. The number of hydrogen-bond donors (Lipinski definition) is 1. The van der Waals surface area contributed by atoms with Crippen LogP contribution in [0.3, 0.4) is 0 Å². The van der Waals surface area contributed by atoms with Gasteiger partial charge in [-0.3, -0.25) is 4.79 Å². The molecule has 0 saturated carbocycles. The van der Waals surface area contributed by atoms with Crippen molar-refractivity contribution < 1.29 is 24.1 Å². The molecule has 29 heavy (non-hydrogen) atoms. The SMILES string of the molecule is COc1cc(OC)c2c(c1)OC1(C=N2)N(CCC(=O)O)c2ccccc2C1(C)C. The van der Waals surface area contributed by atoms with Crippen molar-refractivity contribution in [2.75, 3.05) is 25.7 Å². The third-order valence-electron chi connectivity index (χ3n) is 5.82. The second-order valence-corrected chi connectivity index (χ2v) is 7.67. The van der Waals surface area contributed by atoms with Gasteiger partial charge >= 0.3 is 5.97 Å². The minimum Gasteiger partial charge on any atom is -0.496 e. The minimum atomic E-state index is -0.976. The molecule has 0 saturated heterocycles. The maximum absolute atomic E-state index is 11.3. The standard InChI is InChI=1S/C22H24N2O5/c1-21(2)15-7-5-6-8-16(15)24(10-9-19(25)26)22(21)13-23-20-17(28-4)11-14(27-3)12-18(20)29-22/h5-8,11-13H,9-10H2,1-4H3,(H,25,26). The Morgan fingerprint density at radius 2 is 1.97 bits per heavy atom. The van der Waals surface area contributed by atoms with Crippen molar-refractivity contribution in [3.63, 3.8) is 0 Å². The van der Waals surface area contributed by atoms with Crippen LogP contribution in [0.4, 0.5) is 11.4 Å². The average molecular weight is 396 g/mol. The Labute approximate surface area is 169 Å². The van der Waals surface area contributed by atoms with E-state index in [1.54, 1.807) is 32.6 Å². The van der Waals surface area contributed by atoms with Crippen LogP contribution in [-0.2, 0) is 10.2 Å². The molecule has 1 atom stereocenters. The lowest BCUT2D eigenvalue weighted by atomic mass is 9.77. The topological polar surface area (TPSA) is 80.6 Å². The third kappa shape index (κ3) is 2.72. The molecule has 2 aromatic rings. The van der Waals surface area contributed by atoms with Gasteiger partial charge in [0, 0.05) is 24.4 Å². The van der Waals surface area contributed by atoms with E-state index in [2.05, 4.69) is 19.9 Å². The molecule has 0 fully saturated rings. The first kappa shape index (κ1) is 19.1. The van der Waals surface area contributed by atoms with Crippen LogP contribution in [0.2, 0.25) is 0 Å². The zero-order valence-electron chi connectivity index (χ0n) is 16.9. The fourth-order valence-electron chi connectivity index (χ4n) is 4.24. The third-order valence-corrected chi connectivity index (χ3v) is 5.82. The van der Waals surface area contributed by atoms with Crippen molar-refractivity contribution in [3.8, 4) is 17.2 Å². The highest BCUT2D eigenvalue weighted by atomic mass is 16.5. The van der Waals surface area contributed by atoms with Gasteiger partial charge in [-0.25, -0.2) is 4.99 Å². The maximum atomic E-state index is 11.3. The summed E-state index contributed by atoms with van der Waals surface area (Å²) in [6.45, 7) is 4.46. The number of aliphatic imine (C=N–C) groups is 1. The first-order valence-electron chi connectivity index (χ1n) is 9.43. The molecule has 1 unspecified atom stereocenters. The smallest absolute Gasteiger partial charge is 0.305 e. The van der Waals surface area contributed by atoms with Crippen molar-refractivity contribution in [3.05, 3.63) is 42.0 Å². The first-order chi connectivity index (χ1) is 13.8. The van der Waals surface area contributed by atoms with Gasteiger partial charge in [0.25, 0.3) is 0 Å². The number of hydrogen-bond acceptors (Lipinski definition) is 6. The number of carboxylic acid groups (broad SMARTS) is 1. The maximum Gasteiger partial charge on any atom is 0.305 e. The molecule has 2 aliphatic heterocycles. The van der Waals surface area contributed by atoms with E-state index in [0.717, 1.165) is 11.3 Å². The summed E-state index contributed by atoms with van der Waals surface area (Å²) in [5, 5.41) is 9.30. The van der Waals surface area contributed by atoms with Crippen LogP contribution in [0.15, 0.2) is 41.4 Å². The number of methoxy groups -OCH3 is 2. The van der Waals surface area contributed by atoms with E-state index < -0.39 is 17.1 Å². The highest BCUT2D eigenvalue weighted by molar-refractivity contribution is 5.89. The molecular weight excluding hydrogens is 372 g/mol. The van der Waals surface area contributed by atoms with Crippen molar-refractivity contribution in [1.82, 2.24) is 0 Å². The fourth-order valence-corrected chi connectivity index (χ4v) is 4.24. The van der Waals surface area contributed by atoms with Crippen molar-refractivity contribution in [1.29, 1.82) is 0 Å². The molecule has 2 aromatic carbocycles. The molecule has 0 radical (unpaired) electrons. The largest absolute Gasteiger partial charge is 0.496 e. The predicted molar refractivity (Wildman–Crippen MR) is 110 cm³/mol. The van der Waals surface area contributed by atoms with Crippen molar-refractivity contribution >= 4 is 23.6 Å². The van der Waals surface area contributed by atoms with Crippen molar-refractivity contribution in [2.24, 2.45) is 4.99 Å². The van der Waals surface area contributed by atoms with Gasteiger partial charge in [0.05, 0.1) is 32.3 Å². The molecule has 152 valence electrons. The Balaban J connectivity index is 1.88. The van der Waals surface area contributed by atoms with Gasteiger partial charge in [0.2, 0.25) is 5.72 Å². The van der Waals surface area contributed by atoms with Crippen LogP contribution in [0.1, 0.15) is 25.8 Å². The zero-order valence-corrected chi connectivity index (χ0v) is 16.9. The summed E-state index contributed by atoms with van der Waals surface area (Å²) in [6.07, 6.45) is 1.75. The van der Waals surface area contributed by atoms with Gasteiger partial charge in [-0.15, -0.1) is 0 Å². The average Bonchev–Trinajstić information content (AvgIpc) is 2.89. The van der Waals surface area contributed by atoms with E-state index in [-0.39, 0.29) is 13.0 Å². The molecule has 1 spiro atoms. The predicted octanol–water partition coefficient (Wildman–Crippen LogP) is 3.77. The number of nitrogens with zero attached hydrogens (tertiary/aromatic N) is 2. The van der Waals surface area contributed by atoms with Gasteiger partial charge < -0.3 is 24.2 Å². The second kappa shape index (κ2) is 6.69. The summed E-state index contributed by atoms with van der Waals surface area (Å²) < 4.78 is 17.5. The van der Waals surface area contributed by atoms with Crippen LogP contribution in [0, 0.1) is 0 Å². The Morgan fingerprint density at radius 3 is 2.66 bits per heavy atom. The number of ether oxygens (including phenoxy) is 3. The van der Waals surface area contributed by atoms with E-state index in [1.165, 1.54) is 0 Å². The summed E-state index contributed by atoms with van der Waals surface area (Å²) >= 11 is 0. The molecule has 4 rings (SSSR count). The minimum absolute atomic E-state index is 0.0162. The van der Waals surface area contributed by atoms with Gasteiger partial charge in [0.15, 0.2) is 11.5 Å². The Hall–Kier alpha value is -3.22. The zero-order chi connectivity index (χ0) is 20.8. The molecule has 7 nitrogen and oxygen atoms in total. The monoisotopic (exact) mass is 396 g/mol. The molecule has 1 N–H and O–H groups in total. The van der Waals surface area contributed by atoms with E-state index in [9.17, 15) is 9.90 Å². The van der Waals surface area contributed by atoms with Crippen LogP contribution in [0.5, 0.6) is 17.2 Å². The summed E-state index contributed by atoms with van der Waals surface area (Å²) in [7, 11) is 3.15. The van der Waals surface area contributed by atoms with Crippen LogP contribution < -0.4 is 19.1 Å². The number of anilines is 1. The number of para-hydroxylation sites is 1. The first-order valence-corrected chi connectivity index (χ1v) is 9.43. The molecule has 0 aromatic heterocycles. The van der Waals surface area contributed by atoms with Gasteiger partial charge in [-0.05, 0) is 25.5 Å². The molecule has 0 aliphatic carbocycles. The summed E-state index contributed by atoms with van der Waals surface area (Å²) in [5.41, 5.74) is 1.15. The van der Waals surface area contributed by atoms with E-state index in [4.69, 9.17) is 19.2 Å². The number of benzene rings is 2. The number of carboxylic acids is 1. The Bertz CT molecular complexity index is 1000. The lowest BCUT2D eigenvalue weighted by Gasteiger charge is -2.46. The lowest BCUT2D eigenvalue weighted by molar-refractivity contribution is -0.136. The van der Waals surface area contributed by atoms with Gasteiger partial charge in [-0.1, -0.05) is 18.2 Å². The van der Waals surface area contributed by atoms with Crippen LogP contribution in [0.25, 0.3) is 0 Å².